The Morgan fingerprint density at radius 1 is 0.939 bits per heavy atom. The molecule has 12 heteroatoms. The van der Waals surface area contributed by atoms with Crippen molar-refractivity contribution in [2.75, 3.05) is 4.72 Å². The molecule has 0 aliphatic carbocycles. The molecule has 0 aliphatic heterocycles. The van der Waals surface area contributed by atoms with E-state index in [1.807, 2.05) is 6.07 Å². The van der Waals surface area contributed by atoms with Crippen LogP contribution in [0.25, 0.3) is 5.69 Å². The second kappa shape index (κ2) is 8.35. The molecule has 172 valence electrons. The molecule has 2 heterocycles. The zero-order valence-corrected chi connectivity index (χ0v) is 18.2. The number of hydrogen-bond acceptors (Lipinski definition) is 4. The van der Waals surface area contributed by atoms with Crippen LogP contribution in [-0.2, 0) is 16.6 Å². The molecule has 0 unspecified atom stereocenters. The third-order valence-corrected chi connectivity index (χ3v) is 6.50. The lowest BCUT2D eigenvalue weighted by Crippen LogP contribution is -2.16. The predicted molar refractivity (Wildman–Crippen MR) is 111 cm³/mol. The maximum atomic E-state index is 13.9. The van der Waals surface area contributed by atoms with Crippen LogP contribution in [0.1, 0.15) is 17.0 Å². The number of anilines is 1. The number of aryl methyl sites for hydroxylation is 1. The summed E-state index contributed by atoms with van der Waals surface area (Å²) in [4.78, 5) is -0.0507. The molecule has 0 atom stereocenters. The molecular formula is C21H17F4N5O2S. The Hall–Kier alpha value is -3.67. The molecule has 0 spiro atoms. The number of hydrogen-bond donors (Lipinski definition) is 1. The van der Waals surface area contributed by atoms with Crippen molar-refractivity contribution >= 4 is 15.8 Å². The number of rotatable bonds is 6. The summed E-state index contributed by atoms with van der Waals surface area (Å²) in [6, 6.07) is 10.3. The van der Waals surface area contributed by atoms with E-state index in [4.69, 9.17) is 0 Å². The largest absolute Gasteiger partial charge is 0.266 e. The van der Waals surface area contributed by atoms with E-state index < -0.39 is 45.4 Å². The summed E-state index contributed by atoms with van der Waals surface area (Å²) in [6.45, 7) is 2.49. The van der Waals surface area contributed by atoms with Crippen LogP contribution in [-0.4, -0.2) is 28.0 Å². The normalized spacial score (nSPS) is 11.7. The summed E-state index contributed by atoms with van der Waals surface area (Å²) in [5.41, 5.74) is 0.420. The molecular weight excluding hydrogens is 462 g/mol. The highest BCUT2D eigenvalue weighted by Gasteiger charge is 2.26. The molecule has 33 heavy (non-hydrogen) atoms. The molecule has 0 saturated carbocycles. The minimum atomic E-state index is -4.13. The van der Waals surface area contributed by atoms with Gasteiger partial charge in [0.15, 0.2) is 29.1 Å². The van der Waals surface area contributed by atoms with Crippen LogP contribution in [0, 0.1) is 37.1 Å². The first kappa shape index (κ1) is 22.5. The van der Waals surface area contributed by atoms with Gasteiger partial charge >= 0.3 is 0 Å². The molecule has 0 fully saturated rings. The van der Waals surface area contributed by atoms with Gasteiger partial charge in [-0.05, 0) is 26.0 Å². The molecule has 2 aromatic carbocycles. The average Bonchev–Trinajstić information content (AvgIpc) is 3.33. The quantitative estimate of drug-likeness (QED) is 0.334. The van der Waals surface area contributed by atoms with Gasteiger partial charge in [0, 0.05) is 18.3 Å². The number of benzene rings is 2. The third kappa shape index (κ3) is 4.21. The Morgan fingerprint density at radius 3 is 2.21 bits per heavy atom. The van der Waals surface area contributed by atoms with Gasteiger partial charge in [0.2, 0.25) is 0 Å². The fraction of sp³-hybridized carbons (Fsp3) is 0.143. The molecule has 4 aromatic rings. The van der Waals surface area contributed by atoms with Crippen LogP contribution in [0.5, 0.6) is 0 Å². The van der Waals surface area contributed by atoms with Crippen LogP contribution >= 0.6 is 0 Å². The summed E-state index contributed by atoms with van der Waals surface area (Å²) in [5.74, 6) is -6.34. The lowest BCUT2D eigenvalue weighted by molar-refractivity contribution is 0.431. The fourth-order valence-electron chi connectivity index (χ4n) is 3.45. The molecule has 4 rings (SSSR count). The van der Waals surface area contributed by atoms with Gasteiger partial charge in [0.1, 0.15) is 4.90 Å². The average molecular weight is 479 g/mol. The van der Waals surface area contributed by atoms with Crippen LogP contribution in [0.3, 0.4) is 0 Å². The number of nitrogens with zero attached hydrogens (tertiary/aromatic N) is 4. The van der Waals surface area contributed by atoms with Crippen LogP contribution in [0.15, 0.2) is 53.6 Å². The number of nitrogens with one attached hydrogen (secondary N) is 1. The Bertz CT molecular complexity index is 1420. The van der Waals surface area contributed by atoms with E-state index in [1.54, 1.807) is 38.1 Å². The van der Waals surface area contributed by atoms with Gasteiger partial charge in [-0.1, -0.05) is 18.2 Å². The van der Waals surface area contributed by atoms with Gasteiger partial charge in [-0.15, -0.1) is 0 Å². The topological polar surface area (TPSA) is 81.8 Å². The molecule has 0 amide bonds. The molecule has 0 aliphatic rings. The van der Waals surface area contributed by atoms with Gasteiger partial charge in [-0.2, -0.15) is 10.2 Å². The highest BCUT2D eigenvalue weighted by molar-refractivity contribution is 7.92. The van der Waals surface area contributed by atoms with Crippen molar-refractivity contribution in [2.45, 2.75) is 25.3 Å². The monoisotopic (exact) mass is 479 g/mol. The van der Waals surface area contributed by atoms with E-state index >= 15 is 0 Å². The Labute approximate surface area is 186 Å². The summed E-state index contributed by atoms with van der Waals surface area (Å²) in [7, 11) is -4.13. The van der Waals surface area contributed by atoms with E-state index in [0.29, 0.717) is 11.4 Å². The number of sulfonamides is 1. The second-order valence-corrected chi connectivity index (χ2v) is 8.82. The van der Waals surface area contributed by atoms with Crippen LogP contribution in [0.2, 0.25) is 0 Å². The first-order chi connectivity index (χ1) is 15.6. The van der Waals surface area contributed by atoms with Crippen molar-refractivity contribution in [2.24, 2.45) is 0 Å². The van der Waals surface area contributed by atoms with E-state index in [2.05, 4.69) is 14.9 Å². The zero-order chi connectivity index (χ0) is 23.9. The van der Waals surface area contributed by atoms with Gasteiger partial charge < -0.3 is 0 Å². The lowest BCUT2D eigenvalue weighted by atomic mass is 10.2. The minimum Gasteiger partial charge on any atom is -0.266 e. The highest BCUT2D eigenvalue weighted by atomic mass is 32.2. The highest BCUT2D eigenvalue weighted by Crippen LogP contribution is 2.25. The first-order valence-corrected chi connectivity index (χ1v) is 11.1. The molecule has 2 aromatic heterocycles. The predicted octanol–water partition coefficient (Wildman–Crippen LogP) is 4.09. The standard InChI is InChI=1S/C21H17F4N5O2S/c1-12-21(13(2)30(26-12)14-6-4-3-5-7-14)33(31,32)28-18-8-9-29(27-18)11-15-19(24)16(22)10-17(23)20(15)25/h3-10H,11H2,1-2H3,(H,27,28). The van der Waals surface area contributed by atoms with E-state index in [-0.39, 0.29) is 22.5 Å². The van der Waals surface area contributed by atoms with Crippen molar-refractivity contribution in [1.29, 1.82) is 0 Å². The molecule has 0 radical (unpaired) electrons. The van der Waals surface area contributed by atoms with Gasteiger partial charge in [0.25, 0.3) is 10.0 Å². The fourth-order valence-corrected chi connectivity index (χ4v) is 4.85. The number of halogens is 4. The summed E-state index contributed by atoms with van der Waals surface area (Å²) in [5, 5.41) is 8.21. The zero-order valence-electron chi connectivity index (χ0n) is 17.4. The minimum absolute atomic E-state index is 0.0507. The van der Waals surface area contributed by atoms with Crippen molar-refractivity contribution in [1.82, 2.24) is 19.6 Å². The van der Waals surface area contributed by atoms with Gasteiger partial charge in [0.05, 0.1) is 29.2 Å². The maximum absolute atomic E-state index is 13.9. The van der Waals surface area contributed by atoms with Crippen molar-refractivity contribution < 1.29 is 26.0 Å². The Balaban J connectivity index is 1.61. The van der Waals surface area contributed by atoms with Crippen molar-refractivity contribution in [3.05, 3.63) is 88.9 Å². The Morgan fingerprint density at radius 2 is 1.58 bits per heavy atom. The van der Waals surface area contributed by atoms with E-state index in [0.717, 1.165) is 4.68 Å². The van der Waals surface area contributed by atoms with E-state index in [9.17, 15) is 26.0 Å². The third-order valence-electron chi connectivity index (χ3n) is 4.90. The van der Waals surface area contributed by atoms with E-state index in [1.165, 1.54) is 16.9 Å². The lowest BCUT2D eigenvalue weighted by Gasteiger charge is -2.08. The van der Waals surface area contributed by atoms with Gasteiger partial charge in [-0.3, -0.25) is 9.40 Å². The maximum Gasteiger partial charge on any atom is 0.266 e. The first-order valence-electron chi connectivity index (χ1n) is 9.58. The number of aromatic nitrogens is 4. The molecule has 7 nitrogen and oxygen atoms in total. The summed E-state index contributed by atoms with van der Waals surface area (Å²) < 4.78 is 85.5. The molecule has 0 saturated heterocycles. The molecule has 0 bridgehead atoms. The summed E-state index contributed by atoms with van der Waals surface area (Å²) >= 11 is 0. The van der Waals surface area contributed by atoms with Crippen LogP contribution < -0.4 is 4.72 Å². The molecule has 1 N–H and O–H groups in total. The Kier molecular flexibility index (Phi) is 5.70. The van der Waals surface area contributed by atoms with Crippen LogP contribution in [0.4, 0.5) is 23.4 Å². The van der Waals surface area contributed by atoms with Crippen molar-refractivity contribution in [3.63, 3.8) is 0 Å². The van der Waals surface area contributed by atoms with Gasteiger partial charge in [-0.25, -0.2) is 30.7 Å². The SMILES string of the molecule is Cc1nn(-c2ccccc2)c(C)c1S(=O)(=O)Nc1ccn(Cc2c(F)c(F)cc(F)c2F)n1. The number of para-hydroxylation sites is 1. The smallest absolute Gasteiger partial charge is 0.266 e. The van der Waals surface area contributed by atoms with Crippen molar-refractivity contribution in [3.8, 4) is 5.69 Å². The summed E-state index contributed by atoms with van der Waals surface area (Å²) in [6.07, 6.45) is 1.21. The second-order valence-electron chi connectivity index (χ2n) is 7.20.